The average molecular weight is 361 g/mol. The van der Waals surface area contributed by atoms with E-state index in [2.05, 4.69) is 15.5 Å². The number of amides is 2. The molecule has 3 N–H and O–H groups in total. The molecule has 0 spiro atoms. The summed E-state index contributed by atoms with van der Waals surface area (Å²) in [6, 6.07) is 7.96. The number of carboxylic acids is 1. The highest BCUT2D eigenvalue weighted by molar-refractivity contribution is 5.75. The van der Waals surface area contributed by atoms with Crippen LogP contribution < -0.4 is 20.3 Å². The van der Waals surface area contributed by atoms with Crippen LogP contribution in [0.1, 0.15) is 32.1 Å². The molecular weight excluding hydrogens is 334 g/mol. The minimum Gasteiger partial charge on any atom is -0.497 e. The Morgan fingerprint density at radius 3 is 2.54 bits per heavy atom. The van der Waals surface area contributed by atoms with Gasteiger partial charge in [-0.25, -0.2) is 4.79 Å². The highest BCUT2D eigenvalue weighted by atomic mass is 16.5. The number of aliphatic carboxylic acids is 1. The van der Waals surface area contributed by atoms with Crippen LogP contribution in [0.5, 0.6) is 5.75 Å². The topological polar surface area (TPSA) is 90.9 Å². The third-order valence-electron chi connectivity index (χ3n) is 5.35. The molecule has 1 saturated carbocycles. The number of benzene rings is 1. The molecule has 142 valence electrons. The fourth-order valence-corrected chi connectivity index (χ4v) is 3.82. The number of anilines is 1. The van der Waals surface area contributed by atoms with Crippen LogP contribution in [-0.2, 0) is 4.79 Å². The largest absolute Gasteiger partial charge is 0.497 e. The molecule has 1 unspecified atom stereocenters. The summed E-state index contributed by atoms with van der Waals surface area (Å²) < 4.78 is 5.27. The van der Waals surface area contributed by atoms with E-state index in [-0.39, 0.29) is 24.0 Å². The van der Waals surface area contributed by atoms with Crippen molar-refractivity contribution in [1.82, 2.24) is 10.6 Å². The third kappa shape index (κ3) is 4.59. The summed E-state index contributed by atoms with van der Waals surface area (Å²) in [5.41, 5.74) is 1.10. The standard InChI is InChI=1S/C19H27N3O4/c1-26-17-4-2-3-16(11-17)22-10-9-15(12-22)21-19(25)20-14-7-5-13(6-8-14)18(23)24/h2-4,11,13-15H,5-10,12H2,1H3,(H,23,24)(H2,20,21,25). The summed E-state index contributed by atoms with van der Waals surface area (Å²) in [6.07, 6.45) is 3.62. The first kappa shape index (κ1) is 18.4. The number of hydrogen-bond donors (Lipinski definition) is 3. The molecule has 1 aliphatic heterocycles. The van der Waals surface area contributed by atoms with Crippen LogP contribution in [0.15, 0.2) is 24.3 Å². The van der Waals surface area contributed by atoms with Crippen LogP contribution in [0.3, 0.4) is 0 Å². The van der Waals surface area contributed by atoms with E-state index >= 15 is 0 Å². The average Bonchev–Trinajstić information content (AvgIpc) is 3.10. The van der Waals surface area contributed by atoms with Crippen LogP contribution in [0.2, 0.25) is 0 Å². The third-order valence-corrected chi connectivity index (χ3v) is 5.35. The number of nitrogens with one attached hydrogen (secondary N) is 2. The van der Waals surface area contributed by atoms with Gasteiger partial charge in [-0.05, 0) is 44.2 Å². The van der Waals surface area contributed by atoms with E-state index in [4.69, 9.17) is 9.84 Å². The molecule has 2 amide bonds. The van der Waals surface area contributed by atoms with Gasteiger partial charge in [0, 0.05) is 36.9 Å². The lowest BCUT2D eigenvalue weighted by molar-refractivity contribution is -0.142. The predicted molar refractivity (Wildman–Crippen MR) is 98.7 cm³/mol. The minimum atomic E-state index is -0.725. The van der Waals surface area contributed by atoms with Gasteiger partial charge in [0.05, 0.1) is 13.0 Å². The van der Waals surface area contributed by atoms with Gasteiger partial charge in [-0.1, -0.05) is 6.07 Å². The zero-order valence-electron chi connectivity index (χ0n) is 15.1. The molecule has 0 aromatic heterocycles. The molecule has 1 atom stereocenters. The fourth-order valence-electron chi connectivity index (χ4n) is 3.82. The maximum absolute atomic E-state index is 12.2. The Balaban J connectivity index is 1.43. The molecule has 2 fully saturated rings. The lowest BCUT2D eigenvalue weighted by atomic mass is 9.86. The highest BCUT2D eigenvalue weighted by Crippen LogP contribution is 2.25. The highest BCUT2D eigenvalue weighted by Gasteiger charge is 2.28. The van der Waals surface area contributed by atoms with Gasteiger partial charge in [0.1, 0.15) is 5.75 Å². The van der Waals surface area contributed by atoms with E-state index in [0.717, 1.165) is 43.8 Å². The van der Waals surface area contributed by atoms with E-state index in [9.17, 15) is 9.59 Å². The quantitative estimate of drug-likeness (QED) is 0.748. The molecule has 1 aromatic rings. The van der Waals surface area contributed by atoms with Crippen molar-refractivity contribution >= 4 is 17.7 Å². The van der Waals surface area contributed by atoms with Gasteiger partial charge in [0.15, 0.2) is 0 Å². The van der Waals surface area contributed by atoms with Crippen LogP contribution in [0, 0.1) is 5.92 Å². The van der Waals surface area contributed by atoms with Gasteiger partial charge in [0.25, 0.3) is 0 Å². The first-order valence-electron chi connectivity index (χ1n) is 9.24. The first-order valence-corrected chi connectivity index (χ1v) is 9.24. The zero-order chi connectivity index (χ0) is 18.5. The molecule has 1 saturated heterocycles. The lowest BCUT2D eigenvalue weighted by Gasteiger charge is -2.27. The summed E-state index contributed by atoms with van der Waals surface area (Å²) >= 11 is 0. The molecule has 2 aliphatic rings. The predicted octanol–water partition coefficient (Wildman–Crippen LogP) is 2.22. The molecule has 3 rings (SSSR count). The Hall–Kier alpha value is -2.44. The monoisotopic (exact) mass is 361 g/mol. The van der Waals surface area contributed by atoms with Crippen molar-refractivity contribution in [1.29, 1.82) is 0 Å². The van der Waals surface area contributed by atoms with E-state index in [1.807, 2.05) is 24.3 Å². The summed E-state index contributed by atoms with van der Waals surface area (Å²) in [4.78, 5) is 25.5. The van der Waals surface area contributed by atoms with Gasteiger partial charge in [-0.2, -0.15) is 0 Å². The maximum atomic E-state index is 12.2. The molecule has 1 heterocycles. The Labute approximate surface area is 153 Å². The molecule has 1 aliphatic carbocycles. The molecule has 7 heteroatoms. The van der Waals surface area contributed by atoms with Gasteiger partial charge in [-0.15, -0.1) is 0 Å². The minimum absolute atomic E-state index is 0.0708. The van der Waals surface area contributed by atoms with Crippen LogP contribution in [0.25, 0.3) is 0 Å². The number of nitrogens with zero attached hydrogens (tertiary/aromatic N) is 1. The van der Waals surface area contributed by atoms with Crippen molar-refractivity contribution in [3.05, 3.63) is 24.3 Å². The Kier molecular flexibility index (Phi) is 5.85. The summed E-state index contributed by atoms with van der Waals surface area (Å²) in [6.45, 7) is 1.66. The Morgan fingerprint density at radius 1 is 1.12 bits per heavy atom. The summed E-state index contributed by atoms with van der Waals surface area (Å²) in [5.74, 6) is -0.160. The number of ether oxygens (including phenoxy) is 1. The van der Waals surface area contributed by atoms with Crippen LogP contribution >= 0.6 is 0 Å². The Bertz CT molecular complexity index is 643. The number of rotatable bonds is 5. The van der Waals surface area contributed by atoms with Crippen LogP contribution in [-0.4, -0.2) is 49.4 Å². The summed E-state index contributed by atoms with van der Waals surface area (Å²) in [7, 11) is 1.65. The molecule has 0 radical (unpaired) electrons. The van der Waals surface area contributed by atoms with Crippen molar-refractivity contribution in [3.63, 3.8) is 0 Å². The van der Waals surface area contributed by atoms with E-state index in [0.29, 0.717) is 12.8 Å². The second-order valence-corrected chi connectivity index (χ2v) is 7.14. The number of carbonyl (C=O) groups is 2. The van der Waals surface area contributed by atoms with E-state index in [1.165, 1.54) is 0 Å². The van der Waals surface area contributed by atoms with Crippen LogP contribution in [0.4, 0.5) is 10.5 Å². The number of hydrogen-bond acceptors (Lipinski definition) is 4. The van der Waals surface area contributed by atoms with E-state index < -0.39 is 5.97 Å². The normalized spacial score (nSPS) is 25.6. The fraction of sp³-hybridized carbons (Fsp3) is 0.579. The zero-order valence-corrected chi connectivity index (χ0v) is 15.1. The number of carboxylic acid groups (broad SMARTS) is 1. The number of methoxy groups -OCH3 is 1. The first-order chi connectivity index (χ1) is 12.5. The lowest BCUT2D eigenvalue weighted by Crippen LogP contribution is -2.48. The van der Waals surface area contributed by atoms with Gasteiger partial charge in [0.2, 0.25) is 0 Å². The SMILES string of the molecule is COc1cccc(N2CCC(NC(=O)NC3CCC(C(=O)O)CC3)C2)c1. The molecular formula is C19H27N3O4. The molecule has 7 nitrogen and oxygen atoms in total. The number of carbonyl (C=O) groups excluding carboxylic acids is 1. The van der Waals surface area contributed by atoms with Gasteiger partial charge >= 0.3 is 12.0 Å². The maximum Gasteiger partial charge on any atom is 0.315 e. The van der Waals surface area contributed by atoms with Crippen molar-refractivity contribution in [2.45, 2.75) is 44.2 Å². The summed E-state index contributed by atoms with van der Waals surface area (Å²) in [5, 5.41) is 15.1. The number of urea groups is 1. The molecule has 0 bridgehead atoms. The smallest absolute Gasteiger partial charge is 0.315 e. The second-order valence-electron chi connectivity index (χ2n) is 7.14. The second kappa shape index (κ2) is 8.29. The Morgan fingerprint density at radius 2 is 1.85 bits per heavy atom. The van der Waals surface area contributed by atoms with Gasteiger partial charge < -0.3 is 25.4 Å². The van der Waals surface area contributed by atoms with Gasteiger partial charge in [-0.3, -0.25) is 4.79 Å². The molecule has 1 aromatic carbocycles. The van der Waals surface area contributed by atoms with E-state index in [1.54, 1.807) is 7.11 Å². The van der Waals surface area contributed by atoms with Crippen molar-refractivity contribution < 1.29 is 19.4 Å². The molecule has 26 heavy (non-hydrogen) atoms. The van der Waals surface area contributed by atoms with Crippen molar-refractivity contribution in [2.75, 3.05) is 25.1 Å². The van der Waals surface area contributed by atoms with Crippen molar-refractivity contribution in [2.24, 2.45) is 5.92 Å². The van der Waals surface area contributed by atoms with Crippen molar-refractivity contribution in [3.8, 4) is 5.75 Å².